The van der Waals surface area contributed by atoms with Crippen LogP contribution < -0.4 is 0 Å². The van der Waals surface area contributed by atoms with Gasteiger partial charge < -0.3 is 14.2 Å². The largest absolute Gasteiger partial charge is 0.370 e. The number of piperidine rings is 1. The summed E-state index contributed by atoms with van der Waals surface area (Å²) in [5.41, 5.74) is 2.85. The SMILES string of the molecule is Cc1noc(C)c1CCC(=O)N1CCC[C@@H](OCc2ccccn2)C1. The van der Waals surface area contributed by atoms with Gasteiger partial charge in [-0.25, -0.2) is 0 Å². The molecule has 134 valence electrons. The highest BCUT2D eigenvalue weighted by atomic mass is 16.5. The van der Waals surface area contributed by atoms with E-state index in [-0.39, 0.29) is 12.0 Å². The number of nitrogens with zero attached hydrogens (tertiary/aromatic N) is 3. The summed E-state index contributed by atoms with van der Waals surface area (Å²) in [5.74, 6) is 0.978. The highest BCUT2D eigenvalue weighted by Crippen LogP contribution is 2.18. The maximum absolute atomic E-state index is 12.5. The molecule has 2 aromatic heterocycles. The predicted molar refractivity (Wildman–Crippen MR) is 92.9 cm³/mol. The minimum Gasteiger partial charge on any atom is -0.370 e. The highest BCUT2D eigenvalue weighted by molar-refractivity contribution is 5.76. The Balaban J connectivity index is 1.48. The molecule has 1 aliphatic heterocycles. The van der Waals surface area contributed by atoms with Crippen molar-refractivity contribution >= 4 is 5.91 Å². The smallest absolute Gasteiger partial charge is 0.222 e. The van der Waals surface area contributed by atoms with Crippen molar-refractivity contribution < 1.29 is 14.1 Å². The van der Waals surface area contributed by atoms with Crippen LogP contribution in [0.25, 0.3) is 0 Å². The number of rotatable bonds is 6. The van der Waals surface area contributed by atoms with Crippen LogP contribution in [0.3, 0.4) is 0 Å². The summed E-state index contributed by atoms with van der Waals surface area (Å²) in [6, 6.07) is 5.80. The van der Waals surface area contributed by atoms with E-state index >= 15 is 0 Å². The third-order valence-corrected chi connectivity index (χ3v) is 4.69. The lowest BCUT2D eigenvalue weighted by Gasteiger charge is -2.32. The van der Waals surface area contributed by atoms with Gasteiger partial charge in [0.1, 0.15) is 5.76 Å². The number of carbonyl (C=O) groups is 1. The van der Waals surface area contributed by atoms with Crippen LogP contribution in [0.2, 0.25) is 0 Å². The Hall–Kier alpha value is -2.21. The molecule has 3 rings (SSSR count). The molecule has 0 radical (unpaired) electrons. The highest BCUT2D eigenvalue weighted by Gasteiger charge is 2.24. The molecule has 2 aromatic rings. The second kappa shape index (κ2) is 8.25. The Morgan fingerprint density at radius 2 is 2.28 bits per heavy atom. The molecule has 3 heterocycles. The monoisotopic (exact) mass is 343 g/mol. The number of hydrogen-bond donors (Lipinski definition) is 0. The van der Waals surface area contributed by atoms with Crippen molar-refractivity contribution in [1.82, 2.24) is 15.0 Å². The first-order valence-corrected chi connectivity index (χ1v) is 8.84. The van der Waals surface area contributed by atoms with Gasteiger partial charge in [0.15, 0.2) is 0 Å². The van der Waals surface area contributed by atoms with Crippen LogP contribution in [0.1, 0.15) is 42.0 Å². The molecule has 0 saturated carbocycles. The van der Waals surface area contributed by atoms with E-state index in [1.54, 1.807) is 6.20 Å². The topological polar surface area (TPSA) is 68.5 Å². The van der Waals surface area contributed by atoms with E-state index < -0.39 is 0 Å². The van der Waals surface area contributed by atoms with Gasteiger partial charge in [0.2, 0.25) is 5.91 Å². The number of pyridine rings is 1. The Morgan fingerprint density at radius 3 is 3.00 bits per heavy atom. The number of ether oxygens (including phenoxy) is 1. The Bertz CT molecular complexity index is 680. The van der Waals surface area contributed by atoms with Gasteiger partial charge in [-0.05, 0) is 45.2 Å². The first kappa shape index (κ1) is 17.6. The molecule has 0 bridgehead atoms. The van der Waals surface area contributed by atoms with Gasteiger partial charge in [0.05, 0.1) is 24.1 Å². The van der Waals surface area contributed by atoms with Crippen LogP contribution in [0, 0.1) is 13.8 Å². The summed E-state index contributed by atoms with van der Waals surface area (Å²) in [6.45, 7) is 5.77. The van der Waals surface area contributed by atoms with E-state index in [0.717, 1.165) is 42.1 Å². The number of likely N-dealkylation sites (tertiary alicyclic amines) is 1. The molecule has 1 aliphatic rings. The van der Waals surface area contributed by atoms with Crippen LogP contribution >= 0.6 is 0 Å². The molecule has 0 aromatic carbocycles. The van der Waals surface area contributed by atoms with Crippen LogP contribution in [0.4, 0.5) is 0 Å². The lowest BCUT2D eigenvalue weighted by Crippen LogP contribution is -2.43. The van der Waals surface area contributed by atoms with E-state index in [4.69, 9.17) is 9.26 Å². The van der Waals surface area contributed by atoms with Gasteiger partial charge >= 0.3 is 0 Å². The molecule has 0 unspecified atom stereocenters. The van der Waals surface area contributed by atoms with Crippen molar-refractivity contribution in [3.8, 4) is 0 Å². The standard InChI is InChI=1S/C19H25N3O3/c1-14-18(15(2)25-21-14)8-9-19(23)22-11-5-7-17(12-22)24-13-16-6-3-4-10-20-16/h3-4,6,10,17H,5,7-9,11-13H2,1-2H3/t17-/m1/s1. The quantitative estimate of drug-likeness (QED) is 0.807. The lowest BCUT2D eigenvalue weighted by molar-refractivity contribution is -0.135. The maximum Gasteiger partial charge on any atom is 0.222 e. The van der Waals surface area contributed by atoms with Crippen LogP contribution in [0.5, 0.6) is 0 Å². The average Bonchev–Trinajstić information content (AvgIpc) is 2.97. The second-order valence-electron chi connectivity index (χ2n) is 6.54. The van der Waals surface area contributed by atoms with E-state index in [9.17, 15) is 4.79 Å². The fourth-order valence-corrected chi connectivity index (χ4v) is 3.24. The molecule has 1 saturated heterocycles. The molecule has 6 nitrogen and oxygen atoms in total. The maximum atomic E-state index is 12.5. The number of aromatic nitrogens is 2. The fourth-order valence-electron chi connectivity index (χ4n) is 3.24. The molecule has 0 spiro atoms. The third kappa shape index (κ3) is 4.66. The summed E-state index contributed by atoms with van der Waals surface area (Å²) >= 11 is 0. The molecule has 25 heavy (non-hydrogen) atoms. The van der Waals surface area contributed by atoms with E-state index in [2.05, 4.69) is 10.1 Å². The summed E-state index contributed by atoms with van der Waals surface area (Å²) in [4.78, 5) is 18.7. The molecule has 1 amide bonds. The number of carbonyl (C=O) groups excluding carboxylic acids is 1. The lowest BCUT2D eigenvalue weighted by atomic mass is 10.1. The van der Waals surface area contributed by atoms with Crippen molar-refractivity contribution in [1.29, 1.82) is 0 Å². The van der Waals surface area contributed by atoms with Crippen LogP contribution in [-0.2, 0) is 22.6 Å². The van der Waals surface area contributed by atoms with Gasteiger partial charge in [-0.1, -0.05) is 11.2 Å². The average molecular weight is 343 g/mol. The fraction of sp³-hybridized carbons (Fsp3) is 0.526. The molecule has 1 fully saturated rings. The zero-order chi connectivity index (χ0) is 17.6. The van der Waals surface area contributed by atoms with E-state index in [1.807, 2.05) is 36.9 Å². The van der Waals surface area contributed by atoms with Crippen LogP contribution in [-0.4, -0.2) is 40.1 Å². The normalized spacial score (nSPS) is 17.7. The summed E-state index contributed by atoms with van der Waals surface area (Å²) in [5, 5.41) is 3.95. The zero-order valence-corrected chi connectivity index (χ0v) is 14.9. The molecular weight excluding hydrogens is 318 g/mol. The molecule has 0 N–H and O–H groups in total. The Labute approximate surface area is 148 Å². The van der Waals surface area contributed by atoms with Gasteiger partial charge in [0, 0.05) is 31.3 Å². The number of hydrogen-bond acceptors (Lipinski definition) is 5. The van der Waals surface area contributed by atoms with Crippen LogP contribution in [0.15, 0.2) is 28.9 Å². The first-order chi connectivity index (χ1) is 12.1. The minimum atomic E-state index is 0.0822. The van der Waals surface area contributed by atoms with Gasteiger partial charge in [-0.3, -0.25) is 9.78 Å². The molecule has 0 aliphatic carbocycles. The van der Waals surface area contributed by atoms with E-state index in [1.165, 1.54) is 0 Å². The van der Waals surface area contributed by atoms with Crippen molar-refractivity contribution in [2.45, 2.75) is 52.2 Å². The van der Waals surface area contributed by atoms with E-state index in [0.29, 0.717) is 26.0 Å². The van der Waals surface area contributed by atoms with Gasteiger partial charge in [0.25, 0.3) is 0 Å². The second-order valence-corrected chi connectivity index (χ2v) is 6.54. The van der Waals surface area contributed by atoms with Crippen molar-refractivity contribution in [2.24, 2.45) is 0 Å². The van der Waals surface area contributed by atoms with Gasteiger partial charge in [-0.2, -0.15) is 0 Å². The van der Waals surface area contributed by atoms with Gasteiger partial charge in [-0.15, -0.1) is 0 Å². The summed E-state index contributed by atoms with van der Waals surface area (Å²) in [7, 11) is 0. The summed E-state index contributed by atoms with van der Waals surface area (Å²) < 4.78 is 11.1. The Morgan fingerprint density at radius 1 is 1.40 bits per heavy atom. The molecule has 6 heteroatoms. The number of aryl methyl sites for hydroxylation is 2. The first-order valence-electron chi connectivity index (χ1n) is 8.84. The number of amides is 1. The van der Waals surface area contributed by atoms with Crippen molar-refractivity contribution in [3.05, 3.63) is 47.1 Å². The third-order valence-electron chi connectivity index (χ3n) is 4.69. The summed E-state index contributed by atoms with van der Waals surface area (Å²) in [6.07, 6.45) is 4.97. The predicted octanol–water partition coefficient (Wildman–Crippen LogP) is 2.83. The van der Waals surface area contributed by atoms with Crippen molar-refractivity contribution in [3.63, 3.8) is 0 Å². The zero-order valence-electron chi connectivity index (χ0n) is 14.9. The minimum absolute atomic E-state index is 0.0822. The van der Waals surface area contributed by atoms with Crippen molar-refractivity contribution in [2.75, 3.05) is 13.1 Å². The Kier molecular flexibility index (Phi) is 5.81. The molecular formula is C19H25N3O3. The molecule has 1 atom stereocenters.